The third-order valence-corrected chi connectivity index (χ3v) is 4.22. The quantitative estimate of drug-likeness (QED) is 0.688. The molecule has 1 rings (SSSR count). The van der Waals surface area contributed by atoms with Crippen molar-refractivity contribution in [1.82, 2.24) is 19.4 Å². The van der Waals surface area contributed by atoms with Crippen LogP contribution in [0.5, 0.6) is 0 Å². The average Bonchev–Trinajstić information content (AvgIpc) is 2.58. The van der Waals surface area contributed by atoms with Gasteiger partial charge in [0.2, 0.25) is 10.0 Å². The second-order valence-electron chi connectivity index (χ2n) is 3.93. The summed E-state index contributed by atoms with van der Waals surface area (Å²) in [5, 5.41) is 6.32. The van der Waals surface area contributed by atoms with E-state index in [4.69, 9.17) is 5.73 Å². The smallest absolute Gasteiger partial charge is 0.271 e. The number of hydrogen-bond acceptors (Lipinski definition) is 5. The number of nitrogens with one attached hydrogen (secondary N) is 1. The zero-order chi connectivity index (χ0) is 13.9. The van der Waals surface area contributed by atoms with Crippen molar-refractivity contribution in [3.63, 3.8) is 0 Å². The average molecular weight is 275 g/mol. The lowest BCUT2D eigenvalue weighted by Gasteiger charge is -2.11. The van der Waals surface area contributed by atoms with Gasteiger partial charge in [-0.2, -0.15) is 5.10 Å². The molecule has 0 saturated heterocycles. The van der Waals surface area contributed by atoms with Crippen molar-refractivity contribution in [1.29, 1.82) is 0 Å². The standard InChI is InChI=1S/C9H17N5O3S/c1-13(2)18(16,17)5-4-11-9(15)8-7(10)6-12-14(8)3/h6H,4-5,10H2,1-3H3,(H,11,15). The number of rotatable bonds is 5. The molecule has 0 bridgehead atoms. The second kappa shape index (κ2) is 5.36. The number of sulfonamides is 1. The van der Waals surface area contributed by atoms with Gasteiger partial charge in [-0.15, -0.1) is 0 Å². The molecule has 9 heteroatoms. The van der Waals surface area contributed by atoms with Gasteiger partial charge in [-0.25, -0.2) is 12.7 Å². The zero-order valence-corrected chi connectivity index (χ0v) is 11.4. The van der Waals surface area contributed by atoms with Crippen LogP contribution in [0.2, 0.25) is 0 Å². The Hall–Kier alpha value is -1.61. The van der Waals surface area contributed by atoms with Crippen molar-refractivity contribution < 1.29 is 13.2 Å². The summed E-state index contributed by atoms with van der Waals surface area (Å²) in [6.45, 7) is 0.0178. The molecule has 0 aliphatic heterocycles. The van der Waals surface area contributed by atoms with Crippen molar-refractivity contribution in [2.75, 3.05) is 32.1 Å². The van der Waals surface area contributed by atoms with Gasteiger partial charge < -0.3 is 11.1 Å². The molecule has 0 spiro atoms. The van der Waals surface area contributed by atoms with Crippen molar-refractivity contribution in [3.05, 3.63) is 11.9 Å². The first-order valence-electron chi connectivity index (χ1n) is 5.21. The number of hydrogen-bond donors (Lipinski definition) is 2. The van der Waals surface area contributed by atoms with Gasteiger partial charge in [0, 0.05) is 27.7 Å². The van der Waals surface area contributed by atoms with Crippen molar-refractivity contribution >= 4 is 21.6 Å². The molecule has 0 aliphatic carbocycles. The van der Waals surface area contributed by atoms with E-state index in [1.807, 2.05) is 0 Å². The maximum absolute atomic E-state index is 11.7. The predicted octanol–water partition coefficient (Wildman–Crippen LogP) is -1.38. The third-order valence-electron chi connectivity index (χ3n) is 2.38. The molecule has 1 aromatic rings. The number of aromatic nitrogens is 2. The molecule has 102 valence electrons. The van der Waals surface area contributed by atoms with E-state index in [0.29, 0.717) is 0 Å². The Labute approximate surface area is 106 Å². The van der Waals surface area contributed by atoms with Crippen LogP contribution in [-0.4, -0.2) is 54.8 Å². The maximum Gasteiger partial charge on any atom is 0.271 e. The number of nitrogens with zero attached hydrogens (tertiary/aromatic N) is 3. The van der Waals surface area contributed by atoms with E-state index in [1.54, 1.807) is 7.05 Å². The summed E-state index contributed by atoms with van der Waals surface area (Å²) >= 11 is 0. The second-order valence-corrected chi connectivity index (χ2v) is 6.23. The van der Waals surface area contributed by atoms with E-state index in [1.165, 1.54) is 25.0 Å². The van der Waals surface area contributed by atoms with E-state index < -0.39 is 15.9 Å². The van der Waals surface area contributed by atoms with Gasteiger partial charge in [0.1, 0.15) is 5.69 Å². The zero-order valence-electron chi connectivity index (χ0n) is 10.5. The van der Waals surface area contributed by atoms with Gasteiger partial charge in [-0.3, -0.25) is 9.48 Å². The Kier molecular flexibility index (Phi) is 4.30. The molecule has 0 saturated carbocycles. The molecule has 1 aromatic heterocycles. The molecule has 3 N–H and O–H groups in total. The molecule has 1 heterocycles. The molecule has 0 radical (unpaired) electrons. The first-order chi connectivity index (χ1) is 8.25. The summed E-state index contributed by atoms with van der Waals surface area (Å²) in [5.41, 5.74) is 6.05. The number of carbonyl (C=O) groups is 1. The van der Waals surface area contributed by atoms with Crippen LogP contribution in [0.25, 0.3) is 0 Å². The van der Waals surface area contributed by atoms with E-state index >= 15 is 0 Å². The number of amides is 1. The van der Waals surface area contributed by atoms with Crippen LogP contribution in [0.15, 0.2) is 6.20 Å². The Morgan fingerprint density at radius 3 is 2.61 bits per heavy atom. The first kappa shape index (κ1) is 14.5. The predicted molar refractivity (Wildman–Crippen MR) is 67.4 cm³/mol. The lowest BCUT2D eigenvalue weighted by Crippen LogP contribution is -2.34. The molecule has 0 fully saturated rings. The van der Waals surface area contributed by atoms with Crippen LogP contribution in [0.1, 0.15) is 10.5 Å². The fourth-order valence-electron chi connectivity index (χ4n) is 1.29. The molecular formula is C9H17N5O3S. The molecule has 8 nitrogen and oxygen atoms in total. The summed E-state index contributed by atoms with van der Waals surface area (Å²) in [7, 11) is 1.15. The molecule has 18 heavy (non-hydrogen) atoms. The molecule has 1 amide bonds. The Bertz CT molecular complexity index is 515. The van der Waals surface area contributed by atoms with E-state index in [0.717, 1.165) is 4.31 Å². The van der Waals surface area contributed by atoms with Gasteiger partial charge in [0.25, 0.3) is 5.91 Å². The van der Waals surface area contributed by atoms with Gasteiger partial charge >= 0.3 is 0 Å². The van der Waals surface area contributed by atoms with Crippen LogP contribution in [0.4, 0.5) is 5.69 Å². The minimum Gasteiger partial charge on any atom is -0.396 e. The molecular weight excluding hydrogens is 258 g/mol. The van der Waals surface area contributed by atoms with E-state index in [2.05, 4.69) is 10.4 Å². The Balaban J connectivity index is 2.59. The summed E-state index contributed by atoms with van der Waals surface area (Å²) < 4.78 is 25.4. The highest BCUT2D eigenvalue weighted by atomic mass is 32.2. The first-order valence-corrected chi connectivity index (χ1v) is 6.82. The van der Waals surface area contributed by atoms with Gasteiger partial charge in [0.05, 0.1) is 17.6 Å². The highest BCUT2D eigenvalue weighted by molar-refractivity contribution is 7.89. The van der Waals surface area contributed by atoms with Crippen LogP contribution < -0.4 is 11.1 Å². The topological polar surface area (TPSA) is 110 Å². The van der Waals surface area contributed by atoms with Crippen LogP contribution in [0.3, 0.4) is 0 Å². The Morgan fingerprint density at radius 2 is 2.17 bits per heavy atom. The molecule has 0 unspecified atom stereocenters. The van der Waals surface area contributed by atoms with E-state index in [-0.39, 0.29) is 23.7 Å². The fourth-order valence-corrected chi connectivity index (χ4v) is 2.02. The van der Waals surface area contributed by atoms with Gasteiger partial charge in [0.15, 0.2) is 0 Å². The number of aryl methyl sites for hydroxylation is 1. The maximum atomic E-state index is 11.7. The highest BCUT2D eigenvalue weighted by Gasteiger charge is 2.17. The van der Waals surface area contributed by atoms with Gasteiger partial charge in [-0.1, -0.05) is 0 Å². The third kappa shape index (κ3) is 3.20. The van der Waals surface area contributed by atoms with Crippen LogP contribution in [-0.2, 0) is 17.1 Å². The van der Waals surface area contributed by atoms with Gasteiger partial charge in [-0.05, 0) is 0 Å². The lowest BCUT2D eigenvalue weighted by molar-refractivity contribution is 0.0947. The van der Waals surface area contributed by atoms with Crippen molar-refractivity contribution in [2.24, 2.45) is 7.05 Å². The SMILES string of the molecule is CN(C)S(=O)(=O)CCNC(=O)c1c(N)cnn1C. The fraction of sp³-hybridized carbons (Fsp3) is 0.556. The highest BCUT2D eigenvalue weighted by Crippen LogP contribution is 2.08. The number of anilines is 1. The van der Waals surface area contributed by atoms with Crippen molar-refractivity contribution in [2.45, 2.75) is 0 Å². The molecule has 0 aliphatic rings. The van der Waals surface area contributed by atoms with Crippen LogP contribution >= 0.6 is 0 Å². The summed E-state index contributed by atoms with van der Waals surface area (Å²) in [5.74, 6) is -0.606. The molecule has 0 atom stereocenters. The summed E-state index contributed by atoms with van der Waals surface area (Å²) in [4.78, 5) is 11.7. The molecule has 0 aromatic carbocycles. The summed E-state index contributed by atoms with van der Waals surface area (Å²) in [6, 6.07) is 0. The minimum atomic E-state index is -3.32. The van der Waals surface area contributed by atoms with E-state index in [9.17, 15) is 13.2 Å². The number of carbonyl (C=O) groups excluding carboxylic acids is 1. The monoisotopic (exact) mass is 275 g/mol. The van der Waals surface area contributed by atoms with Crippen LogP contribution in [0, 0.1) is 0 Å². The number of nitrogen functional groups attached to an aromatic ring is 1. The minimum absolute atomic E-state index is 0.0178. The number of nitrogens with two attached hydrogens (primary N) is 1. The lowest BCUT2D eigenvalue weighted by atomic mass is 10.3. The summed E-state index contributed by atoms with van der Waals surface area (Å²) in [6.07, 6.45) is 1.37. The normalized spacial score (nSPS) is 11.8. The van der Waals surface area contributed by atoms with Crippen molar-refractivity contribution in [3.8, 4) is 0 Å². The Morgan fingerprint density at radius 1 is 1.56 bits per heavy atom. The largest absolute Gasteiger partial charge is 0.396 e.